The second-order valence-electron chi connectivity index (χ2n) is 5.65. The Bertz CT molecular complexity index is 818. The predicted octanol–water partition coefficient (Wildman–Crippen LogP) is 4.54. The average Bonchev–Trinajstić information content (AvgIpc) is 2.63. The van der Waals surface area contributed by atoms with Gasteiger partial charge in [0.15, 0.2) is 0 Å². The molecule has 1 aromatic heterocycles. The zero-order chi connectivity index (χ0) is 17.5. The highest BCUT2D eigenvalue weighted by Gasteiger charge is 2.02. The van der Waals surface area contributed by atoms with Gasteiger partial charge in [0.05, 0.1) is 6.61 Å². The Hall–Kier alpha value is -3.08. The Morgan fingerprint density at radius 3 is 2.48 bits per heavy atom. The molecular formula is C20H22N4O. The van der Waals surface area contributed by atoms with Crippen LogP contribution in [0.4, 0.5) is 17.3 Å². The molecule has 0 unspecified atom stereocenters. The van der Waals surface area contributed by atoms with Gasteiger partial charge in [-0.3, -0.25) is 0 Å². The minimum Gasteiger partial charge on any atom is -0.494 e. The van der Waals surface area contributed by atoms with Crippen molar-refractivity contribution >= 4 is 17.3 Å². The zero-order valence-corrected chi connectivity index (χ0v) is 14.5. The van der Waals surface area contributed by atoms with E-state index in [0.29, 0.717) is 6.61 Å². The second kappa shape index (κ2) is 8.15. The molecule has 3 aromatic rings. The van der Waals surface area contributed by atoms with Crippen LogP contribution in [0.25, 0.3) is 0 Å². The minimum absolute atomic E-state index is 0.661. The first kappa shape index (κ1) is 16.8. The quantitative estimate of drug-likeness (QED) is 0.664. The summed E-state index contributed by atoms with van der Waals surface area (Å²) in [4.78, 5) is 8.55. The molecule has 5 heteroatoms. The lowest BCUT2D eigenvalue weighted by atomic mass is 10.1. The largest absolute Gasteiger partial charge is 0.494 e. The van der Waals surface area contributed by atoms with Crippen molar-refractivity contribution in [3.63, 3.8) is 0 Å². The lowest BCUT2D eigenvalue weighted by Crippen LogP contribution is -2.04. The molecule has 0 bridgehead atoms. The van der Waals surface area contributed by atoms with Gasteiger partial charge >= 0.3 is 0 Å². The van der Waals surface area contributed by atoms with E-state index in [9.17, 15) is 0 Å². The Morgan fingerprint density at radius 2 is 1.72 bits per heavy atom. The maximum Gasteiger partial charge on any atom is 0.135 e. The molecule has 0 fully saturated rings. The van der Waals surface area contributed by atoms with Crippen molar-refractivity contribution in [2.24, 2.45) is 0 Å². The topological polar surface area (TPSA) is 59.1 Å². The molecule has 2 N–H and O–H groups in total. The number of hydrogen-bond acceptors (Lipinski definition) is 5. The fourth-order valence-electron chi connectivity index (χ4n) is 2.47. The van der Waals surface area contributed by atoms with Crippen molar-refractivity contribution < 1.29 is 4.74 Å². The highest BCUT2D eigenvalue weighted by molar-refractivity contribution is 5.59. The van der Waals surface area contributed by atoms with Crippen LogP contribution in [0.3, 0.4) is 0 Å². The fraction of sp³-hybridized carbons (Fsp3) is 0.200. The van der Waals surface area contributed by atoms with Crippen LogP contribution in [-0.2, 0) is 6.54 Å². The van der Waals surface area contributed by atoms with Crippen LogP contribution in [-0.4, -0.2) is 16.6 Å². The fourth-order valence-corrected chi connectivity index (χ4v) is 2.47. The SMILES string of the molecule is CCOc1ccc(Nc2cc(NCc3ccccc3C)ncn2)cc1. The normalized spacial score (nSPS) is 10.3. The van der Waals surface area contributed by atoms with E-state index in [0.717, 1.165) is 29.6 Å². The van der Waals surface area contributed by atoms with Gasteiger partial charge in [0.25, 0.3) is 0 Å². The Labute approximate surface area is 148 Å². The van der Waals surface area contributed by atoms with Gasteiger partial charge in [0.2, 0.25) is 0 Å². The zero-order valence-electron chi connectivity index (χ0n) is 14.5. The molecule has 1 heterocycles. The molecule has 0 spiro atoms. The molecule has 0 aliphatic heterocycles. The number of aromatic nitrogens is 2. The molecule has 0 aliphatic rings. The number of anilines is 3. The number of rotatable bonds is 7. The summed E-state index contributed by atoms with van der Waals surface area (Å²) >= 11 is 0. The number of hydrogen-bond donors (Lipinski definition) is 2. The molecule has 0 aliphatic carbocycles. The summed E-state index contributed by atoms with van der Waals surface area (Å²) < 4.78 is 5.45. The monoisotopic (exact) mass is 334 g/mol. The van der Waals surface area contributed by atoms with E-state index in [-0.39, 0.29) is 0 Å². The standard InChI is InChI=1S/C20H22N4O/c1-3-25-18-10-8-17(9-11-18)24-20-12-19(22-14-23-20)21-13-16-7-5-4-6-15(16)2/h4-12,14H,3,13H2,1-2H3,(H2,21,22,23,24). The molecule has 3 rings (SSSR count). The summed E-state index contributed by atoms with van der Waals surface area (Å²) in [5.41, 5.74) is 3.46. The van der Waals surface area contributed by atoms with Crippen molar-refractivity contribution in [1.82, 2.24) is 9.97 Å². The summed E-state index contributed by atoms with van der Waals surface area (Å²) in [5, 5.41) is 6.62. The molecular weight excluding hydrogens is 312 g/mol. The second-order valence-corrected chi connectivity index (χ2v) is 5.65. The highest BCUT2D eigenvalue weighted by Crippen LogP contribution is 2.20. The first-order valence-corrected chi connectivity index (χ1v) is 8.35. The van der Waals surface area contributed by atoms with Gasteiger partial charge in [-0.25, -0.2) is 9.97 Å². The smallest absolute Gasteiger partial charge is 0.135 e. The molecule has 0 amide bonds. The van der Waals surface area contributed by atoms with E-state index in [1.807, 2.05) is 49.4 Å². The third-order valence-corrected chi connectivity index (χ3v) is 3.83. The maximum atomic E-state index is 5.45. The number of benzene rings is 2. The van der Waals surface area contributed by atoms with E-state index >= 15 is 0 Å². The van der Waals surface area contributed by atoms with E-state index in [4.69, 9.17) is 4.74 Å². The number of nitrogens with one attached hydrogen (secondary N) is 2. The minimum atomic E-state index is 0.661. The first-order valence-electron chi connectivity index (χ1n) is 8.35. The van der Waals surface area contributed by atoms with Crippen LogP contribution in [0.1, 0.15) is 18.1 Å². The van der Waals surface area contributed by atoms with Crippen molar-refractivity contribution in [2.45, 2.75) is 20.4 Å². The van der Waals surface area contributed by atoms with E-state index < -0.39 is 0 Å². The molecule has 0 atom stereocenters. The van der Waals surface area contributed by atoms with Crippen LogP contribution in [0.15, 0.2) is 60.9 Å². The molecule has 2 aromatic carbocycles. The van der Waals surface area contributed by atoms with Gasteiger partial charge in [-0.05, 0) is 49.2 Å². The van der Waals surface area contributed by atoms with Gasteiger partial charge in [0.1, 0.15) is 23.7 Å². The first-order chi connectivity index (χ1) is 12.2. The summed E-state index contributed by atoms with van der Waals surface area (Å²) in [5.74, 6) is 2.38. The summed E-state index contributed by atoms with van der Waals surface area (Å²) in [7, 11) is 0. The van der Waals surface area contributed by atoms with Crippen LogP contribution in [0.5, 0.6) is 5.75 Å². The lowest BCUT2D eigenvalue weighted by molar-refractivity contribution is 0.340. The number of nitrogens with zero attached hydrogens (tertiary/aromatic N) is 2. The molecule has 25 heavy (non-hydrogen) atoms. The summed E-state index contributed by atoms with van der Waals surface area (Å²) in [6.45, 7) is 5.47. The van der Waals surface area contributed by atoms with Crippen molar-refractivity contribution in [3.8, 4) is 5.75 Å². The van der Waals surface area contributed by atoms with Crippen LogP contribution < -0.4 is 15.4 Å². The van der Waals surface area contributed by atoms with Crippen LogP contribution >= 0.6 is 0 Å². The van der Waals surface area contributed by atoms with Crippen molar-refractivity contribution in [2.75, 3.05) is 17.2 Å². The highest BCUT2D eigenvalue weighted by atomic mass is 16.5. The third kappa shape index (κ3) is 4.70. The summed E-state index contributed by atoms with van der Waals surface area (Å²) in [6, 6.07) is 18.0. The molecule has 0 saturated heterocycles. The van der Waals surface area contributed by atoms with E-state index in [2.05, 4.69) is 39.7 Å². The summed E-state index contributed by atoms with van der Waals surface area (Å²) in [6.07, 6.45) is 1.55. The van der Waals surface area contributed by atoms with Crippen molar-refractivity contribution in [3.05, 3.63) is 72.1 Å². The number of aryl methyl sites for hydroxylation is 1. The van der Waals surface area contributed by atoms with Crippen LogP contribution in [0.2, 0.25) is 0 Å². The van der Waals surface area contributed by atoms with Crippen LogP contribution in [0, 0.1) is 6.92 Å². The van der Waals surface area contributed by atoms with Gasteiger partial charge in [-0.2, -0.15) is 0 Å². The van der Waals surface area contributed by atoms with Gasteiger partial charge in [-0.15, -0.1) is 0 Å². The van der Waals surface area contributed by atoms with Crippen molar-refractivity contribution in [1.29, 1.82) is 0 Å². The Balaban J connectivity index is 1.64. The lowest BCUT2D eigenvalue weighted by Gasteiger charge is -2.10. The predicted molar refractivity (Wildman–Crippen MR) is 101 cm³/mol. The number of ether oxygens (including phenoxy) is 1. The van der Waals surface area contributed by atoms with Gasteiger partial charge < -0.3 is 15.4 Å². The Morgan fingerprint density at radius 1 is 0.960 bits per heavy atom. The maximum absolute atomic E-state index is 5.45. The van der Waals surface area contributed by atoms with Gasteiger partial charge in [0, 0.05) is 18.3 Å². The van der Waals surface area contributed by atoms with E-state index in [1.54, 1.807) is 6.33 Å². The Kier molecular flexibility index (Phi) is 5.46. The average molecular weight is 334 g/mol. The molecule has 128 valence electrons. The molecule has 0 radical (unpaired) electrons. The third-order valence-electron chi connectivity index (χ3n) is 3.83. The van der Waals surface area contributed by atoms with Gasteiger partial charge in [-0.1, -0.05) is 24.3 Å². The van der Waals surface area contributed by atoms with E-state index in [1.165, 1.54) is 11.1 Å². The molecule has 0 saturated carbocycles. The molecule has 5 nitrogen and oxygen atoms in total.